The smallest absolute Gasteiger partial charge is 0.224 e. The third-order valence-corrected chi connectivity index (χ3v) is 3.72. The highest BCUT2D eigenvalue weighted by Gasteiger charge is 2.19. The van der Waals surface area contributed by atoms with Gasteiger partial charge in [-0.2, -0.15) is 0 Å². The van der Waals surface area contributed by atoms with Gasteiger partial charge >= 0.3 is 0 Å². The van der Waals surface area contributed by atoms with E-state index in [-0.39, 0.29) is 11.3 Å². The van der Waals surface area contributed by atoms with Crippen LogP contribution in [0.4, 0.5) is 11.4 Å². The topological polar surface area (TPSA) is 32.3 Å². The number of carbonyl (C=O) groups excluding carboxylic acids is 1. The van der Waals surface area contributed by atoms with Crippen LogP contribution in [0.2, 0.25) is 0 Å². The van der Waals surface area contributed by atoms with Crippen molar-refractivity contribution in [3.63, 3.8) is 0 Å². The van der Waals surface area contributed by atoms with Gasteiger partial charge in [-0.25, -0.2) is 0 Å². The lowest BCUT2D eigenvalue weighted by molar-refractivity contribution is -0.116. The normalized spacial score (nSPS) is 14.0. The van der Waals surface area contributed by atoms with Crippen LogP contribution >= 0.6 is 0 Å². The highest BCUT2D eigenvalue weighted by molar-refractivity contribution is 5.95. The van der Waals surface area contributed by atoms with Crippen molar-refractivity contribution < 1.29 is 4.79 Å². The zero-order valence-corrected chi connectivity index (χ0v) is 14.6. The molecule has 1 aliphatic rings. The Morgan fingerprint density at radius 1 is 1.30 bits per heavy atom. The highest BCUT2D eigenvalue weighted by atomic mass is 16.1. The summed E-state index contributed by atoms with van der Waals surface area (Å²) in [6.45, 7) is 10.2. The van der Waals surface area contributed by atoms with Crippen molar-refractivity contribution in [2.24, 2.45) is 5.41 Å². The minimum atomic E-state index is 0.0332. The molecule has 0 bridgehead atoms. The van der Waals surface area contributed by atoms with Crippen LogP contribution < -0.4 is 10.2 Å². The van der Waals surface area contributed by atoms with Gasteiger partial charge in [0, 0.05) is 36.3 Å². The standard InChI is InChI=1S/C20H26N2O/c1-5-22(15-8-6-7-14-20(2,3)4)18-11-9-10-17-16(18)12-13-19(23)21-17/h6,8-11H,5,12-13,15H2,1-4H3,(H,21,23)/b8-6+. The van der Waals surface area contributed by atoms with Crippen LogP contribution in [0.15, 0.2) is 30.4 Å². The van der Waals surface area contributed by atoms with Gasteiger partial charge in [-0.05, 0) is 57.9 Å². The lowest BCUT2D eigenvalue weighted by atomic mass is 9.98. The van der Waals surface area contributed by atoms with Crippen molar-refractivity contribution in [2.45, 2.75) is 40.5 Å². The third-order valence-electron chi connectivity index (χ3n) is 3.72. The largest absolute Gasteiger partial charge is 0.368 e. The Morgan fingerprint density at radius 3 is 2.78 bits per heavy atom. The Bertz CT molecular complexity index is 656. The molecule has 2 rings (SSSR count). The molecule has 3 heteroatoms. The lowest BCUT2D eigenvalue weighted by Gasteiger charge is -2.28. The van der Waals surface area contributed by atoms with E-state index in [4.69, 9.17) is 0 Å². The number of fused-ring (bicyclic) bond motifs is 1. The first-order valence-electron chi connectivity index (χ1n) is 8.25. The fraction of sp³-hybridized carbons (Fsp3) is 0.450. The lowest BCUT2D eigenvalue weighted by Crippen LogP contribution is -2.26. The maximum absolute atomic E-state index is 11.6. The number of nitrogens with one attached hydrogen (secondary N) is 1. The number of amides is 1. The molecule has 0 radical (unpaired) electrons. The van der Waals surface area contributed by atoms with Gasteiger partial charge < -0.3 is 10.2 Å². The average Bonchev–Trinajstić information content (AvgIpc) is 2.49. The summed E-state index contributed by atoms with van der Waals surface area (Å²) in [4.78, 5) is 13.9. The number of carbonyl (C=O) groups is 1. The monoisotopic (exact) mass is 310 g/mol. The summed E-state index contributed by atoms with van der Waals surface area (Å²) in [6.07, 6.45) is 5.41. The van der Waals surface area contributed by atoms with Gasteiger partial charge in [0.1, 0.15) is 0 Å². The van der Waals surface area contributed by atoms with Gasteiger partial charge in [0.2, 0.25) is 5.91 Å². The number of rotatable bonds is 4. The fourth-order valence-electron chi connectivity index (χ4n) is 2.60. The number of hydrogen-bond donors (Lipinski definition) is 1. The molecule has 0 atom stereocenters. The number of benzene rings is 1. The summed E-state index contributed by atoms with van der Waals surface area (Å²) in [5.41, 5.74) is 3.43. The maximum atomic E-state index is 11.6. The SMILES string of the molecule is CCN(C/C=C/C#CC(C)(C)C)c1cccc2c1CCC(=O)N2. The van der Waals surface area contributed by atoms with Gasteiger partial charge in [-0.15, -0.1) is 0 Å². The Labute approximate surface area is 139 Å². The van der Waals surface area contributed by atoms with Crippen molar-refractivity contribution in [3.8, 4) is 11.8 Å². The summed E-state index contributed by atoms with van der Waals surface area (Å²) in [6, 6.07) is 6.12. The van der Waals surface area contributed by atoms with Gasteiger partial charge in [0.05, 0.1) is 0 Å². The van der Waals surface area contributed by atoms with E-state index >= 15 is 0 Å². The molecule has 1 amide bonds. The first kappa shape index (κ1) is 17.1. The molecule has 1 aromatic rings. The van der Waals surface area contributed by atoms with E-state index in [0.717, 1.165) is 25.2 Å². The van der Waals surface area contributed by atoms with Crippen molar-refractivity contribution in [1.82, 2.24) is 0 Å². The summed E-state index contributed by atoms with van der Waals surface area (Å²) in [5.74, 6) is 6.42. The Balaban J connectivity index is 2.12. The molecule has 0 unspecified atom stereocenters. The Morgan fingerprint density at radius 2 is 2.09 bits per heavy atom. The van der Waals surface area contributed by atoms with E-state index in [0.29, 0.717) is 6.42 Å². The summed E-state index contributed by atoms with van der Waals surface area (Å²) in [7, 11) is 0. The average molecular weight is 310 g/mol. The van der Waals surface area contributed by atoms with E-state index in [2.05, 4.69) is 61.9 Å². The van der Waals surface area contributed by atoms with Crippen LogP contribution in [-0.4, -0.2) is 19.0 Å². The first-order valence-corrected chi connectivity index (χ1v) is 8.25. The molecule has 3 nitrogen and oxygen atoms in total. The molecule has 1 aliphatic heterocycles. The number of likely N-dealkylation sites (N-methyl/N-ethyl adjacent to an activating group) is 1. The summed E-state index contributed by atoms with van der Waals surface area (Å²) < 4.78 is 0. The van der Waals surface area contributed by atoms with Gasteiger partial charge in [-0.1, -0.05) is 24.0 Å². The van der Waals surface area contributed by atoms with Crippen molar-refractivity contribution in [2.75, 3.05) is 23.3 Å². The molecule has 1 aromatic carbocycles. The van der Waals surface area contributed by atoms with Crippen LogP contribution in [0.5, 0.6) is 0 Å². The minimum Gasteiger partial charge on any atom is -0.368 e. The van der Waals surface area contributed by atoms with E-state index < -0.39 is 0 Å². The summed E-state index contributed by atoms with van der Waals surface area (Å²) >= 11 is 0. The molecular weight excluding hydrogens is 284 g/mol. The number of nitrogens with zero attached hydrogens (tertiary/aromatic N) is 1. The molecule has 0 spiro atoms. The molecule has 0 aliphatic carbocycles. The molecule has 0 fully saturated rings. The van der Waals surface area contributed by atoms with Crippen LogP contribution in [0.1, 0.15) is 39.7 Å². The second-order valence-electron chi connectivity index (χ2n) is 6.81. The molecule has 1 heterocycles. The molecule has 0 saturated carbocycles. The first-order chi connectivity index (χ1) is 10.9. The van der Waals surface area contributed by atoms with Gasteiger partial charge in [-0.3, -0.25) is 4.79 Å². The third kappa shape index (κ3) is 4.89. The van der Waals surface area contributed by atoms with Crippen molar-refractivity contribution in [1.29, 1.82) is 0 Å². The number of allylic oxidation sites excluding steroid dienone is 1. The molecular formula is C20H26N2O. The fourth-order valence-corrected chi connectivity index (χ4v) is 2.60. The molecule has 23 heavy (non-hydrogen) atoms. The van der Waals surface area contributed by atoms with Crippen LogP contribution in [0.25, 0.3) is 0 Å². The van der Waals surface area contributed by atoms with E-state index in [1.807, 2.05) is 18.2 Å². The zero-order chi connectivity index (χ0) is 16.9. The number of hydrogen-bond acceptors (Lipinski definition) is 2. The minimum absolute atomic E-state index is 0.0332. The predicted octanol–water partition coefficient (Wildman–Crippen LogP) is 4.00. The van der Waals surface area contributed by atoms with Crippen LogP contribution in [-0.2, 0) is 11.2 Å². The van der Waals surface area contributed by atoms with E-state index in [9.17, 15) is 4.79 Å². The van der Waals surface area contributed by atoms with Crippen LogP contribution in [0, 0.1) is 17.3 Å². The maximum Gasteiger partial charge on any atom is 0.224 e. The van der Waals surface area contributed by atoms with Crippen molar-refractivity contribution in [3.05, 3.63) is 35.9 Å². The number of anilines is 2. The van der Waals surface area contributed by atoms with E-state index in [1.165, 1.54) is 11.3 Å². The van der Waals surface area contributed by atoms with E-state index in [1.54, 1.807) is 0 Å². The molecule has 0 aromatic heterocycles. The Kier molecular flexibility index (Phi) is 5.50. The second-order valence-corrected chi connectivity index (χ2v) is 6.81. The quantitative estimate of drug-likeness (QED) is 0.852. The Hall–Kier alpha value is -2.21. The van der Waals surface area contributed by atoms with Crippen LogP contribution in [0.3, 0.4) is 0 Å². The van der Waals surface area contributed by atoms with Gasteiger partial charge in [0.25, 0.3) is 0 Å². The molecule has 122 valence electrons. The van der Waals surface area contributed by atoms with Gasteiger partial charge in [0.15, 0.2) is 0 Å². The molecule has 0 saturated heterocycles. The second kappa shape index (κ2) is 7.37. The summed E-state index contributed by atoms with van der Waals surface area (Å²) in [5, 5.41) is 2.97. The zero-order valence-electron chi connectivity index (χ0n) is 14.6. The predicted molar refractivity (Wildman–Crippen MR) is 97.7 cm³/mol. The van der Waals surface area contributed by atoms with Crippen molar-refractivity contribution >= 4 is 17.3 Å². The molecule has 1 N–H and O–H groups in total. The highest BCUT2D eigenvalue weighted by Crippen LogP contribution is 2.31.